The lowest BCUT2D eigenvalue weighted by atomic mass is 9.72. The second kappa shape index (κ2) is 5.88. The zero-order valence-electron chi connectivity index (χ0n) is 11.7. The average Bonchev–Trinajstić information content (AvgIpc) is 2.33. The van der Waals surface area contributed by atoms with E-state index in [4.69, 9.17) is 27.9 Å². The van der Waals surface area contributed by atoms with Crippen LogP contribution in [0.1, 0.15) is 46.5 Å². The van der Waals surface area contributed by atoms with Crippen LogP contribution in [0, 0.1) is 11.3 Å². The Labute approximate surface area is 125 Å². The van der Waals surface area contributed by atoms with Crippen LogP contribution < -0.4 is 4.74 Å². The van der Waals surface area contributed by atoms with E-state index < -0.39 is 0 Å². The van der Waals surface area contributed by atoms with Crippen LogP contribution >= 0.6 is 23.2 Å². The molecule has 1 aromatic heterocycles. The Morgan fingerprint density at radius 3 is 2.05 bits per heavy atom. The number of pyridine rings is 1. The van der Waals surface area contributed by atoms with Crippen LogP contribution in [0.4, 0.5) is 0 Å². The van der Waals surface area contributed by atoms with Gasteiger partial charge in [0.1, 0.15) is 10.0 Å². The van der Waals surface area contributed by atoms with E-state index in [9.17, 15) is 0 Å². The Hall–Kier alpha value is -0.470. The maximum absolute atomic E-state index is 6.08. The molecular weight excluding hydrogens is 281 g/mol. The molecule has 2 rings (SSSR count). The minimum Gasteiger partial charge on any atom is -0.487 e. The molecule has 1 saturated carbocycles. The van der Waals surface area contributed by atoms with Gasteiger partial charge in [-0.05, 0) is 37.0 Å². The van der Waals surface area contributed by atoms with Crippen molar-refractivity contribution >= 4 is 23.2 Å². The topological polar surface area (TPSA) is 22.1 Å². The molecular formula is C15H21Cl2NO. The minimum atomic E-state index is 0.219. The maximum atomic E-state index is 6.08. The summed E-state index contributed by atoms with van der Waals surface area (Å²) in [6, 6.07) is 0. The molecule has 106 valence electrons. The molecule has 1 aliphatic carbocycles. The van der Waals surface area contributed by atoms with E-state index in [0.717, 1.165) is 18.8 Å². The first-order valence-electron chi connectivity index (χ1n) is 6.83. The standard InChI is InChI=1S/C15H21Cl2NO/c1-15(2,3)10-4-6-11(7-5-10)19-14-12(16)8-18-9-13(14)17/h8-11H,4-7H2,1-3H3. The Morgan fingerprint density at radius 1 is 1.05 bits per heavy atom. The number of nitrogens with zero attached hydrogens (tertiary/aromatic N) is 1. The summed E-state index contributed by atoms with van der Waals surface area (Å²) in [5.74, 6) is 1.35. The highest BCUT2D eigenvalue weighted by atomic mass is 35.5. The fourth-order valence-corrected chi connectivity index (χ4v) is 3.18. The summed E-state index contributed by atoms with van der Waals surface area (Å²) in [7, 11) is 0. The molecule has 0 N–H and O–H groups in total. The zero-order valence-corrected chi connectivity index (χ0v) is 13.3. The van der Waals surface area contributed by atoms with E-state index >= 15 is 0 Å². The molecule has 0 unspecified atom stereocenters. The largest absolute Gasteiger partial charge is 0.487 e. The first kappa shape index (κ1) is 14.9. The Kier molecular flexibility index (Phi) is 4.62. The smallest absolute Gasteiger partial charge is 0.160 e. The number of rotatable bonds is 2. The molecule has 1 heterocycles. The Balaban J connectivity index is 1.96. The summed E-state index contributed by atoms with van der Waals surface area (Å²) >= 11 is 12.2. The van der Waals surface area contributed by atoms with Crippen LogP contribution in [0.15, 0.2) is 12.4 Å². The van der Waals surface area contributed by atoms with Gasteiger partial charge in [-0.3, -0.25) is 4.98 Å². The number of aromatic nitrogens is 1. The van der Waals surface area contributed by atoms with Crippen molar-refractivity contribution in [1.82, 2.24) is 4.98 Å². The van der Waals surface area contributed by atoms with Crippen LogP contribution in [0.2, 0.25) is 10.0 Å². The monoisotopic (exact) mass is 301 g/mol. The van der Waals surface area contributed by atoms with E-state index in [-0.39, 0.29) is 6.10 Å². The van der Waals surface area contributed by atoms with Gasteiger partial charge in [0, 0.05) is 12.4 Å². The van der Waals surface area contributed by atoms with Gasteiger partial charge >= 0.3 is 0 Å². The fourth-order valence-electron chi connectivity index (χ4n) is 2.73. The zero-order chi connectivity index (χ0) is 14.0. The van der Waals surface area contributed by atoms with Crippen LogP contribution in [-0.4, -0.2) is 11.1 Å². The van der Waals surface area contributed by atoms with Crippen molar-refractivity contribution in [2.45, 2.75) is 52.6 Å². The normalized spacial score (nSPS) is 24.3. The quantitative estimate of drug-likeness (QED) is 0.732. The number of ether oxygens (including phenoxy) is 1. The summed E-state index contributed by atoms with van der Waals surface area (Å²) in [6.07, 6.45) is 7.90. The van der Waals surface area contributed by atoms with Gasteiger partial charge in [-0.1, -0.05) is 44.0 Å². The molecule has 0 radical (unpaired) electrons. The molecule has 0 bridgehead atoms. The molecule has 1 fully saturated rings. The summed E-state index contributed by atoms with van der Waals surface area (Å²) in [5, 5.41) is 0.982. The molecule has 2 nitrogen and oxygen atoms in total. The van der Waals surface area contributed by atoms with Gasteiger partial charge in [0.05, 0.1) is 6.10 Å². The average molecular weight is 302 g/mol. The molecule has 0 amide bonds. The highest BCUT2D eigenvalue weighted by Gasteiger charge is 2.30. The van der Waals surface area contributed by atoms with Gasteiger partial charge in [-0.2, -0.15) is 0 Å². The lowest BCUT2D eigenvalue weighted by Crippen LogP contribution is -2.30. The maximum Gasteiger partial charge on any atom is 0.160 e. The van der Waals surface area contributed by atoms with E-state index in [0.29, 0.717) is 21.2 Å². The van der Waals surface area contributed by atoms with Crippen LogP contribution in [0.25, 0.3) is 0 Å². The van der Waals surface area contributed by atoms with E-state index in [1.807, 2.05) is 0 Å². The second-order valence-electron chi connectivity index (χ2n) is 6.39. The molecule has 0 aliphatic heterocycles. The van der Waals surface area contributed by atoms with Crippen molar-refractivity contribution in [3.05, 3.63) is 22.4 Å². The Bertz CT molecular complexity index is 414. The van der Waals surface area contributed by atoms with Crippen molar-refractivity contribution in [2.24, 2.45) is 11.3 Å². The molecule has 0 aromatic carbocycles. The lowest BCUT2D eigenvalue weighted by molar-refractivity contribution is 0.0883. The van der Waals surface area contributed by atoms with Gasteiger partial charge in [-0.15, -0.1) is 0 Å². The SMILES string of the molecule is CC(C)(C)C1CCC(Oc2c(Cl)cncc2Cl)CC1. The van der Waals surface area contributed by atoms with Gasteiger partial charge in [0.2, 0.25) is 0 Å². The number of halogens is 2. The number of hydrogen-bond donors (Lipinski definition) is 0. The van der Waals surface area contributed by atoms with Crippen molar-refractivity contribution in [1.29, 1.82) is 0 Å². The third kappa shape index (κ3) is 3.76. The van der Waals surface area contributed by atoms with Crippen LogP contribution in [-0.2, 0) is 0 Å². The summed E-state index contributed by atoms with van der Waals surface area (Å²) in [6.45, 7) is 6.94. The highest BCUT2D eigenvalue weighted by Crippen LogP contribution is 2.40. The summed E-state index contributed by atoms with van der Waals surface area (Å²) in [4.78, 5) is 3.94. The molecule has 1 aliphatic rings. The van der Waals surface area contributed by atoms with Gasteiger partial charge in [0.15, 0.2) is 5.75 Å². The predicted molar refractivity (Wildman–Crippen MR) is 80.1 cm³/mol. The van der Waals surface area contributed by atoms with Crippen molar-refractivity contribution < 1.29 is 4.74 Å². The van der Waals surface area contributed by atoms with Gasteiger partial charge in [-0.25, -0.2) is 0 Å². The van der Waals surface area contributed by atoms with Gasteiger partial charge in [0.25, 0.3) is 0 Å². The van der Waals surface area contributed by atoms with E-state index in [1.165, 1.54) is 12.8 Å². The molecule has 0 saturated heterocycles. The summed E-state index contributed by atoms with van der Waals surface area (Å²) in [5.41, 5.74) is 0.386. The molecule has 19 heavy (non-hydrogen) atoms. The molecule has 1 aromatic rings. The highest BCUT2D eigenvalue weighted by molar-refractivity contribution is 6.36. The minimum absolute atomic E-state index is 0.219. The van der Waals surface area contributed by atoms with E-state index in [2.05, 4.69) is 25.8 Å². The number of hydrogen-bond acceptors (Lipinski definition) is 2. The third-order valence-corrected chi connectivity index (χ3v) is 4.53. The van der Waals surface area contributed by atoms with Crippen molar-refractivity contribution in [3.63, 3.8) is 0 Å². The van der Waals surface area contributed by atoms with Crippen LogP contribution in [0.5, 0.6) is 5.75 Å². The van der Waals surface area contributed by atoms with Gasteiger partial charge < -0.3 is 4.74 Å². The van der Waals surface area contributed by atoms with E-state index in [1.54, 1.807) is 12.4 Å². The van der Waals surface area contributed by atoms with Crippen molar-refractivity contribution in [3.8, 4) is 5.75 Å². The predicted octanol–water partition coefficient (Wildman–Crippen LogP) is 5.37. The van der Waals surface area contributed by atoms with Crippen molar-refractivity contribution in [2.75, 3.05) is 0 Å². The van der Waals surface area contributed by atoms with Crippen LogP contribution in [0.3, 0.4) is 0 Å². The molecule has 4 heteroatoms. The lowest BCUT2D eigenvalue weighted by Gasteiger charge is -2.37. The first-order chi connectivity index (χ1) is 8.88. The third-order valence-electron chi connectivity index (χ3n) is 3.99. The summed E-state index contributed by atoms with van der Waals surface area (Å²) < 4.78 is 5.97. The Morgan fingerprint density at radius 2 is 1.58 bits per heavy atom. The molecule has 0 spiro atoms. The first-order valence-corrected chi connectivity index (χ1v) is 7.59. The fraction of sp³-hybridized carbons (Fsp3) is 0.667. The second-order valence-corrected chi connectivity index (χ2v) is 7.20. The molecule has 0 atom stereocenters.